The van der Waals surface area contributed by atoms with Crippen LogP contribution in [-0.4, -0.2) is 31.9 Å². The molecule has 1 atom stereocenters. The van der Waals surface area contributed by atoms with Crippen molar-refractivity contribution in [2.75, 3.05) is 0 Å². The van der Waals surface area contributed by atoms with Gasteiger partial charge in [0.1, 0.15) is 5.82 Å². The second-order valence-corrected chi connectivity index (χ2v) is 6.76. The maximum Gasteiger partial charge on any atom is 0.305 e. The Morgan fingerprint density at radius 1 is 1.14 bits per heavy atom. The first-order chi connectivity index (χ1) is 13.7. The van der Waals surface area contributed by atoms with Crippen molar-refractivity contribution in [1.29, 1.82) is 0 Å². The van der Waals surface area contributed by atoms with Crippen LogP contribution in [0, 0.1) is 19.7 Å². The van der Waals surface area contributed by atoms with E-state index in [2.05, 4.69) is 10.4 Å². The number of carboxylic acids is 1. The van der Waals surface area contributed by atoms with E-state index in [9.17, 15) is 24.2 Å². The number of carbonyl (C=O) groups excluding carboxylic acids is 1. The number of aryl methyl sites for hydroxylation is 2. The van der Waals surface area contributed by atoms with E-state index in [0.29, 0.717) is 11.3 Å². The summed E-state index contributed by atoms with van der Waals surface area (Å²) in [4.78, 5) is 24.0. The van der Waals surface area contributed by atoms with Crippen molar-refractivity contribution < 1.29 is 24.2 Å². The van der Waals surface area contributed by atoms with Crippen LogP contribution in [0.1, 0.15) is 39.6 Å². The largest absolute Gasteiger partial charge is 0.493 e. The number of halogens is 1. The monoisotopic (exact) mass is 397 g/mol. The van der Waals surface area contributed by atoms with Crippen LogP contribution in [0.15, 0.2) is 48.5 Å². The zero-order valence-corrected chi connectivity index (χ0v) is 15.9. The minimum atomic E-state index is -1.06. The maximum absolute atomic E-state index is 13.1. The first-order valence-corrected chi connectivity index (χ1v) is 8.89. The number of amides is 1. The van der Waals surface area contributed by atoms with Crippen LogP contribution in [0.4, 0.5) is 4.39 Å². The second kappa shape index (κ2) is 8.14. The van der Waals surface area contributed by atoms with E-state index in [1.165, 1.54) is 30.3 Å². The molecule has 0 saturated carbocycles. The Hall–Kier alpha value is -3.68. The quantitative estimate of drug-likeness (QED) is 0.592. The van der Waals surface area contributed by atoms with E-state index in [-0.39, 0.29) is 18.0 Å². The molecule has 0 aliphatic rings. The molecule has 0 fully saturated rings. The van der Waals surface area contributed by atoms with Crippen molar-refractivity contribution in [3.8, 4) is 11.6 Å². The molecule has 7 nitrogen and oxygen atoms in total. The fourth-order valence-corrected chi connectivity index (χ4v) is 3.04. The molecule has 1 amide bonds. The second-order valence-electron chi connectivity index (χ2n) is 6.76. The zero-order valence-electron chi connectivity index (χ0n) is 15.9. The number of carboxylic acid groups (broad SMARTS) is 1. The fraction of sp³-hybridized carbons (Fsp3) is 0.190. The summed E-state index contributed by atoms with van der Waals surface area (Å²) in [7, 11) is 0. The van der Waals surface area contributed by atoms with Crippen LogP contribution in [0.5, 0.6) is 5.88 Å². The SMILES string of the molecule is Cc1ccc(C)c(C(CC(=O)O)NC(=O)c2cc(O)n(-c3ccc(F)cc3)n2)c1. The number of hydrogen-bond donors (Lipinski definition) is 3. The van der Waals surface area contributed by atoms with Crippen LogP contribution >= 0.6 is 0 Å². The minimum absolute atomic E-state index is 0.0903. The Kier molecular flexibility index (Phi) is 5.63. The van der Waals surface area contributed by atoms with Crippen molar-refractivity contribution in [3.63, 3.8) is 0 Å². The van der Waals surface area contributed by atoms with E-state index in [4.69, 9.17) is 0 Å². The molecule has 0 aliphatic carbocycles. The number of rotatable bonds is 6. The van der Waals surface area contributed by atoms with Gasteiger partial charge in [-0.15, -0.1) is 0 Å². The Bertz CT molecular complexity index is 1060. The highest BCUT2D eigenvalue weighted by atomic mass is 19.1. The molecule has 1 unspecified atom stereocenters. The number of aromatic nitrogens is 2. The first kappa shape index (κ1) is 20.1. The third-order valence-corrected chi connectivity index (χ3v) is 4.49. The van der Waals surface area contributed by atoms with Gasteiger partial charge in [-0.3, -0.25) is 9.59 Å². The molecule has 150 valence electrons. The highest BCUT2D eigenvalue weighted by Crippen LogP contribution is 2.24. The predicted octanol–water partition coefficient (Wildman–Crippen LogP) is 3.28. The number of hydrogen-bond acceptors (Lipinski definition) is 4. The van der Waals surface area contributed by atoms with Gasteiger partial charge in [-0.1, -0.05) is 23.8 Å². The fourth-order valence-electron chi connectivity index (χ4n) is 3.04. The molecule has 3 rings (SSSR count). The standard InChI is InChI=1S/C21H20FN3O4/c1-12-3-4-13(2)16(9-12)17(11-20(27)28)23-21(29)18-10-19(26)25(24-18)15-7-5-14(22)6-8-15/h3-10,17,26H,11H2,1-2H3,(H,23,29)(H,27,28). The summed E-state index contributed by atoms with van der Waals surface area (Å²) < 4.78 is 14.2. The average Bonchev–Trinajstić information content (AvgIpc) is 3.05. The van der Waals surface area contributed by atoms with Gasteiger partial charge in [0.05, 0.1) is 18.2 Å². The molecule has 0 bridgehead atoms. The van der Waals surface area contributed by atoms with Crippen molar-refractivity contribution in [1.82, 2.24) is 15.1 Å². The summed E-state index contributed by atoms with van der Waals surface area (Å²) in [6.07, 6.45) is -0.305. The molecule has 0 saturated heterocycles. The van der Waals surface area contributed by atoms with Gasteiger partial charge in [-0.25, -0.2) is 9.07 Å². The highest BCUT2D eigenvalue weighted by molar-refractivity contribution is 5.93. The zero-order chi connectivity index (χ0) is 21.1. The molecule has 3 aromatic rings. The Morgan fingerprint density at radius 2 is 1.83 bits per heavy atom. The number of benzene rings is 2. The molecule has 1 heterocycles. The molecular formula is C21H20FN3O4. The lowest BCUT2D eigenvalue weighted by Crippen LogP contribution is -2.31. The first-order valence-electron chi connectivity index (χ1n) is 8.89. The predicted molar refractivity (Wildman–Crippen MR) is 104 cm³/mol. The number of nitrogens with zero attached hydrogens (tertiary/aromatic N) is 2. The molecule has 0 aliphatic heterocycles. The number of nitrogens with one attached hydrogen (secondary N) is 1. The van der Waals surface area contributed by atoms with Crippen molar-refractivity contribution in [3.05, 3.63) is 76.7 Å². The van der Waals surface area contributed by atoms with E-state index >= 15 is 0 Å². The lowest BCUT2D eigenvalue weighted by molar-refractivity contribution is -0.137. The van der Waals surface area contributed by atoms with Gasteiger partial charge in [-0.05, 0) is 49.2 Å². The Labute approximate surface area is 166 Å². The van der Waals surface area contributed by atoms with Gasteiger partial charge in [0, 0.05) is 6.07 Å². The smallest absolute Gasteiger partial charge is 0.305 e. The normalized spacial score (nSPS) is 11.8. The molecule has 3 N–H and O–H groups in total. The highest BCUT2D eigenvalue weighted by Gasteiger charge is 2.23. The number of aliphatic carboxylic acids is 1. The third-order valence-electron chi connectivity index (χ3n) is 4.49. The molecular weight excluding hydrogens is 377 g/mol. The van der Waals surface area contributed by atoms with Gasteiger partial charge in [-0.2, -0.15) is 5.10 Å². The van der Waals surface area contributed by atoms with E-state index in [1.807, 2.05) is 32.0 Å². The summed E-state index contributed by atoms with van der Waals surface area (Å²) in [6, 6.07) is 11.2. The van der Waals surface area contributed by atoms with Crippen LogP contribution in [0.3, 0.4) is 0 Å². The number of aromatic hydroxyl groups is 1. The summed E-state index contributed by atoms with van der Waals surface area (Å²) in [5, 5.41) is 26.1. The lowest BCUT2D eigenvalue weighted by atomic mass is 9.96. The van der Waals surface area contributed by atoms with Gasteiger partial charge in [0.25, 0.3) is 5.91 Å². The van der Waals surface area contributed by atoms with Crippen molar-refractivity contribution in [2.24, 2.45) is 0 Å². The topological polar surface area (TPSA) is 104 Å². The molecule has 29 heavy (non-hydrogen) atoms. The van der Waals surface area contributed by atoms with Crippen LogP contribution in [-0.2, 0) is 4.79 Å². The summed E-state index contributed by atoms with van der Waals surface area (Å²) in [6.45, 7) is 3.72. The molecule has 0 radical (unpaired) electrons. The van der Waals surface area contributed by atoms with Gasteiger partial charge in [0.15, 0.2) is 5.69 Å². The van der Waals surface area contributed by atoms with Crippen molar-refractivity contribution >= 4 is 11.9 Å². The van der Waals surface area contributed by atoms with Gasteiger partial charge >= 0.3 is 5.97 Å². The lowest BCUT2D eigenvalue weighted by Gasteiger charge is -2.19. The molecule has 0 spiro atoms. The van der Waals surface area contributed by atoms with E-state index < -0.39 is 23.7 Å². The molecule has 8 heteroatoms. The Morgan fingerprint density at radius 3 is 2.48 bits per heavy atom. The summed E-state index contributed by atoms with van der Waals surface area (Å²) in [5.74, 6) is -2.43. The van der Waals surface area contributed by atoms with Crippen LogP contribution in [0.25, 0.3) is 5.69 Å². The van der Waals surface area contributed by atoms with Crippen molar-refractivity contribution in [2.45, 2.75) is 26.3 Å². The summed E-state index contributed by atoms with van der Waals surface area (Å²) in [5.41, 5.74) is 2.77. The van der Waals surface area contributed by atoms with E-state index in [1.54, 1.807) is 0 Å². The maximum atomic E-state index is 13.1. The average molecular weight is 397 g/mol. The number of carbonyl (C=O) groups is 2. The molecule has 1 aromatic heterocycles. The minimum Gasteiger partial charge on any atom is -0.493 e. The van der Waals surface area contributed by atoms with Crippen LogP contribution in [0.2, 0.25) is 0 Å². The summed E-state index contributed by atoms with van der Waals surface area (Å²) >= 11 is 0. The van der Waals surface area contributed by atoms with Gasteiger partial charge in [0.2, 0.25) is 5.88 Å². The van der Waals surface area contributed by atoms with E-state index in [0.717, 1.165) is 15.8 Å². The molecule has 2 aromatic carbocycles. The Balaban J connectivity index is 1.88. The van der Waals surface area contributed by atoms with Crippen LogP contribution < -0.4 is 5.32 Å². The van der Waals surface area contributed by atoms with Gasteiger partial charge < -0.3 is 15.5 Å². The third kappa shape index (κ3) is 4.60.